The van der Waals surface area contributed by atoms with Crippen molar-refractivity contribution in [2.75, 3.05) is 0 Å². The number of rotatable bonds is 4. The fourth-order valence-electron chi connectivity index (χ4n) is 7.02. The van der Waals surface area contributed by atoms with E-state index >= 15 is 0 Å². The number of para-hydroxylation sites is 2. The van der Waals surface area contributed by atoms with Gasteiger partial charge < -0.3 is 14.0 Å². The second-order valence-electron chi connectivity index (χ2n) is 12.5. The smallest absolute Gasteiger partial charge is 0.120 e. The van der Waals surface area contributed by atoms with Crippen molar-refractivity contribution < 1.29 is 24.5 Å². The number of allylic oxidation sites excluding steroid dienone is 1. The molecule has 46 heavy (non-hydrogen) atoms. The van der Waals surface area contributed by atoms with E-state index in [4.69, 9.17) is 9.40 Å². The first kappa shape index (κ1) is 30.3. The Labute approximate surface area is 283 Å². The first-order chi connectivity index (χ1) is 22.1. The maximum atomic E-state index is 6.07. The van der Waals surface area contributed by atoms with Gasteiger partial charge in [0.1, 0.15) is 5.58 Å². The topological polar surface area (TPSA) is 43.9 Å². The molecular weight excluding hydrogens is 743 g/mol. The Balaban J connectivity index is 0.000000144. The number of hydrogen-bond acceptors (Lipinski definition) is 3. The third-order valence-electron chi connectivity index (χ3n) is 9.35. The molecule has 1 saturated carbocycles. The third kappa shape index (κ3) is 5.53. The standard InChI is InChI=1S/C21H19N2.C20H16NO.Ir/c1-2-9-16(10-3-1)21-22-19-12-6-11-17-13-18(14-23(21)20(17)19)15-7-4-5-8-15;1-13(2)14-10-11-21-18(12-14)17-8-5-7-16-15-6-3-4-9-19(15)22-20(16)17;/h1-3,6,9,11-13,15H,4-5,7-8,14H2;3-7,9-13H,1-2H3;/q2*-1;. The van der Waals surface area contributed by atoms with E-state index in [1.165, 1.54) is 42.3 Å². The zero-order valence-electron chi connectivity index (χ0n) is 26.1. The normalized spacial score (nSPS) is 14.4. The molecule has 0 amide bonds. The van der Waals surface area contributed by atoms with Gasteiger partial charge in [0.15, 0.2) is 0 Å². The molecule has 0 saturated heterocycles. The SMILES string of the molecule is CC(C)c1ccnc(-c2[c-]ccc3c2oc2ccccc23)c1.[Ir].[c-]1ccccc1-c1nc2cccc3c2n1CC(C1CCCC1)=C3. The van der Waals surface area contributed by atoms with Crippen molar-refractivity contribution in [1.29, 1.82) is 0 Å². The van der Waals surface area contributed by atoms with Gasteiger partial charge in [-0.05, 0) is 59.7 Å². The third-order valence-corrected chi connectivity index (χ3v) is 9.35. The Kier molecular flexibility index (Phi) is 8.46. The molecule has 7 aromatic rings. The molecule has 0 bridgehead atoms. The number of imidazole rings is 1. The van der Waals surface area contributed by atoms with E-state index < -0.39 is 0 Å². The van der Waals surface area contributed by atoms with Crippen molar-refractivity contribution in [2.24, 2.45) is 5.92 Å². The van der Waals surface area contributed by atoms with Crippen LogP contribution in [-0.2, 0) is 26.7 Å². The van der Waals surface area contributed by atoms with Crippen LogP contribution in [0.5, 0.6) is 0 Å². The summed E-state index contributed by atoms with van der Waals surface area (Å²) >= 11 is 0. The van der Waals surface area contributed by atoms with Crippen LogP contribution in [0.25, 0.3) is 61.7 Å². The van der Waals surface area contributed by atoms with Crippen LogP contribution in [0.1, 0.15) is 56.6 Å². The number of hydrogen-bond donors (Lipinski definition) is 0. The average molecular weight is 778 g/mol. The summed E-state index contributed by atoms with van der Waals surface area (Å²) in [5.74, 6) is 2.28. The minimum Gasteiger partial charge on any atom is -0.501 e. The van der Waals surface area contributed by atoms with Gasteiger partial charge in [0, 0.05) is 38.2 Å². The van der Waals surface area contributed by atoms with E-state index in [9.17, 15) is 0 Å². The minimum atomic E-state index is 0. The van der Waals surface area contributed by atoms with Crippen molar-refractivity contribution in [3.05, 3.63) is 126 Å². The summed E-state index contributed by atoms with van der Waals surface area (Å²) in [4.78, 5) is 9.44. The predicted octanol–water partition coefficient (Wildman–Crippen LogP) is 10.7. The fourth-order valence-corrected chi connectivity index (χ4v) is 7.02. The number of nitrogens with zero attached hydrogens (tertiary/aromatic N) is 3. The Hall–Kier alpha value is -4.31. The van der Waals surface area contributed by atoms with Crippen LogP contribution in [0.4, 0.5) is 0 Å². The Morgan fingerprint density at radius 2 is 1.72 bits per heavy atom. The molecule has 0 spiro atoms. The van der Waals surface area contributed by atoms with Crippen LogP contribution in [0.2, 0.25) is 0 Å². The summed E-state index contributed by atoms with van der Waals surface area (Å²) in [6.07, 6.45) is 9.74. The molecule has 1 aliphatic carbocycles. The largest absolute Gasteiger partial charge is 0.501 e. The fraction of sp³-hybridized carbons (Fsp3) is 0.220. The van der Waals surface area contributed by atoms with E-state index in [0.29, 0.717) is 5.92 Å². The molecule has 1 fully saturated rings. The summed E-state index contributed by atoms with van der Waals surface area (Å²) in [5.41, 5.74) is 11.2. The molecule has 0 atom stereocenters. The van der Waals surface area contributed by atoms with Crippen molar-refractivity contribution in [3.63, 3.8) is 0 Å². The number of aromatic nitrogens is 3. The van der Waals surface area contributed by atoms with Crippen LogP contribution in [0.15, 0.2) is 107 Å². The zero-order chi connectivity index (χ0) is 30.3. The van der Waals surface area contributed by atoms with Gasteiger partial charge >= 0.3 is 0 Å². The van der Waals surface area contributed by atoms with Crippen LogP contribution in [0.3, 0.4) is 0 Å². The van der Waals surface area contributed by atoms with Crippen molar-refractivity contribution in [3.8, 4) is 22.6 Å². The molecule has 0 N–H and O–H groups in total. The van der Waals surface area contributed by atoms with Crippen molar-refractivity contribution >= 4 is 39.0 Å². The van der Waals surface area contributed by atoms with E-state index in [2.05, 4.69) is 96.2 Å². The summed E-state index contributed by atoms with van der Waals surface area (Å²) in [5, 5.41) is 2.24. The molecule has 0 unspecified atom stereocenters. The van der Waals surface area contributed by atoms with E-state index in [0.717, 1.165) is 62.6 Å². The van der Waals surface area contributed by atoms with Gasteiger partial charge in [0.05, 0.1) is 22.4 Å². The van der Waals surface area contributed by atoms with Gasteiger partial charge in [0.2, 0.25) is 0 Å². The second kappa shape index (κ2) is 12.8. The molecule has 231 valence electrons. The van der Waals surface area contributed by atoms with E-state index in [-0.39, 0.29) is 20.1 Å². The van der Waals surface area contributed by atoms with E-state index in [1.807, 2.05) is 42.6 Å². The molecule has 1 aliphatic heterocycles. The van der Waals surface area contributed by atoms with Gasteiger partial charge in [-0.2, -0.15) is 0 Å². The van der Waals surface area contributed by atoms with Gasteiger partial charge in [-0.15, -0.1) is 54.1 Å². The molecule has 4 heterocycles. The summed E-state index contributed by atoms with van der Waals surface area (Å²) < 4.78 is 8.47. The monoisotopic (exact) mass is 778 g/mol. The Morgan fingerprint density at radius 1 is 0.870 bits per heavy atom. The number of furan rings is 1. The molecular formula is C41H35IrN3O-2. The van der Waals surface area contributed by atoms with Gasteiger partial charge in [0.25, 0.3) is 0 Å². The molecule has 3 aromatic heterocycles. The van der Waals surface area contributed by atoms with Crippen molar-refractivity contribution in [1.82, 2.24) is 14.5 Å². The molecule has 9 rings (SSSR count). The maximum absolute atomic E-state index is 6.07. The second-order valence-corrected chi connectivity index (χ2v) is 12.5. The molecule has 4 aromatic carbocycles. The summed E-state index contributed by atoms with van der Waals surface area (Å²) in [6, 6.07) is 37.6. The van der Waals surface area contributed by atoms with Crippen LogP contribution in [0, 0.1) is 18.1 Å². The molecule has 1 radical (unpaired) electrons. The quantitative estimate of drug-likeness (QED) is 0.167. The number of fused-ring (bicyclic) bond motifs is 3. The molecule has 2 aliphatic rings. The van der Waals surface area contributed by atoms with Crippen LogP contribution < -0.4 is 0 Å². The maximum Gasteiger partial charge on any atom is 0.120 e. The van der Waals surface area contributed by atoms with Crippen LogP contribution in [-0.4, -0.2) is 14.5 Å². The average Bonchev–Trinajstić information content (AvgIpc) is 3.84. The summed E-state index contributed by atoms with van der Waals surface area (Å²) in [7, 11) is 0. The zero-order valence-corrected chi connectivity index (χ0v) is 28.5. The van der Waals surface area contributed by atoms with Crippen LogP contribution >= 0.6 is 0 Å². The van der Waals surface area contributed by atoms with E-state index in [1.54, 1.807) is 5.57 Å². The molecule has 5 heteroatoms. The van der Waals surface area contributed by atoms with Crippen molar-refractivity contribution in [2.45, 2.75) is 52.0 Å². The first-order valence-corrected chi connectivity index (χ1v) is 16.1. The Bertz CT molecular complexity index is 2180. The van der Waals surface area contributed by atoms with Gasteiger partial charge in [-0.25, -0.2) is 0 Å². The predicted molar refractivity (Wildman–Crippen MR) is 184 cm³/mol. The van der Waals surface area contributed by atoms with Gasteiger partial charge in [-0.3, -0.25) is 4.98 Å². The number of pyridine rings is 1. The molecule has 4 nitrogen and oxygen atoms in total. The van der Waals surface area contributed by atoms with Gasteiger partial charge in [-0.1, -0.05) is 85.7 Å². The first-order valence-electron chi connectivity index (χ1n) is 16.1. The Morgan fingerprint density at radius 3 is 2.54 bits per heavy atom. The summed E-state index contributed by atoms with van der Waals surface area (Å²) in [6.45, 7) is 5.35. The number of benzene rings is 4. The minimum absolute atomic E-state index is 0.